The standard InChI is InChI=1S/C10H13BrN2O3/c1-10(12,6-14)5-7-2-3-8(11)4-9(7)13(15)16/h2-4,14H,5-6,12H2,1H3. The number of nitrogens with two attached hydrogens (primary N) is 1. The molecule has 6 heteroatoms. The van der Waals surface area contributed by atoms with Crippen LogP contribution < -0.4 is 5.73 Å². The van der Waals surface area contributed by atoms with Crippen molar-refractivity contribution in [2.45, 2.75) is 18.9 Å². The average molecular weight is 289 g/mol. The zero-order chi connectivity index (χ0) is 12.3. The van der Waals surface area contributed by atoms with Crippen LogP contribution in [0, 0.1) is 10.1 Å². The van der Waals surface area contributed by atoms with Crippen LogP contribution in [0.5, 0.6) is 0 Å². The lowest BCUT2D eigenvalue weighted by molar-refractivity contribution is -0.385. The quantitative estimate of drug-likeness (QED) is 0.651. The largest absolute Gasteiger partial charge is 0.394 e. The Bertz CT molecular complexity index is 407. The third-order valence-corrected chi connectivity index (χ3v) is 2.69. The minimum Gasteiger partial charge on any atom is -0.394 e. The smallest absolute Gasteiger partial charge is 0.273 e. The zero-order valence-corrected chi connectivity index (χ0v) is 10.4. The fourth-order valence-corrected chi connectivity index (χ4v) is 1.70. The molecule has 0 aliphatic heterocycles. The van der Waals surface area contributed by atoms with Gasteiger partial charge in [0.05, 0.1) is 11.5 Å². The molecule has 0 bridgehead atoms. The summed E-state index contributed by atoms with van der Waals surface area (Å²) in [5.74, 6) is 0. The van der Waals surface area contributed by atoms with Crippen LogP contribution in [0.15, 0.2) is 22.7 Å². The zero-order valence-electron chi connectivity index (χ0n) is 8.81. The fraction of sp³-hybridized carbons (Fsp3) is 0.400. The summed E-state index contributed by atoms with van der Waals surface area (Å²) in [4.78, 5) is 10.4. The highest BCUT2D eigenvalue weighted by molar-refractivity contribution is 9.10. The Morgan fingerprint density at radius 1 is 1.62 bits per heavy atom. The lowest BCUT2D eigenvalue weighted by Gasteiger charge is -2.21. The molecule has 0 amide bonds. The maximum absolute atomic E-state index is 10.8. The molecule has 16 heavy (non-hydrogen) atoms. The lowest BCUT2D eigenvalue weighted by Crippen LogP contribution is -2.42. The first kappa shape index (κ1) is 13.1. The van der Waals surface area contributed by atoms with Crippen LogP contribution in [0.4, 0.5) is 5.69 Å². The number of aliphatic hydroxyl groups excluding tert-OH is 1. The summed E-state index contributed by atoms with van der Waals surface area (Å²) in [7, 11) is 0. The first-order valence-corrected chi connectivity index (χ1v) is 5.47. The summed E-state index contributed by atoms with van der Waals surface area (Å²) in [6, 6.07) is 4.79. The van der Waals surface area contributed by atoms with E-state index in [9.17, 15) is 10.1 Å². The Labute approximate surface area is 102 Å². The van der Waals surface area contributed by atoms with Crippen molar-refractivity contribution in [1.82, 2.24) is 0 Å². The van der Waals surface area contributed by atoms with Crippen molar-refractivity contribution >= 4 is 21.6 Å². The Hall–Kier alpha value is -0.980. The van der Waals surface area contributed by atoms with E-state index in [-0.39, 0.29) is 18.7 Å². The molecule has 3 N–H and O–H groups in total. The molecule has 0 aromatic heterocycles. The molecule has 88 valence electrons. The van der Waals surface area contributed by atoms with Gasteiger partial charge in [-0.3, -0.25) is 10.1 Å². The highest BCUT2D eigenvalue weighted by atomic mass is 79.9. The second-order valence-electron chi connectivity index (χ2n) is 4.02. The van der Waals surface area contributed by atoms with Gasteiger partial charge in [-0.2, -0.15) is 0 Å². The van der Waals surface area contributed by atoms with Gasteiger partial charge < -0.3 is 10.8 Å². The molecular formula is C10H13BrN2O3. The van der Waals surface area contributed by atoms with E-state index >= 15 is 0 Å². The summed E-state index contributed by atoms with van der Waals surface area (Å²) in [6.45, 7) is 1.43. The summed E-state index contributed by atoms with van der Waals surface area (Å²) >= 11 is 3.18. The average Bonchev–Trinajstić information content (AvgIpc) is 2.20. The van der Waals surface area contributed by atoms with Gasteiger partial charge in [-0.25, -0.2) is 0 Å². The van der Waals surface area contributed by atoms with E-state index < -0.39 is 10.5 Å². The van der Waals surface area contributed by atoms with Crippen molar-refractivity contribution in [2.24, 2.45) is 5.73 Å². The number of rotatable bonds is 4. The van der Waals surface area contributed by atoms with E-state index in [0.717, 1.165) is 0 Å². The van der Waals surface area contributed by atoms with Gasteiger partial charge in [0.1, 0.15) is 0 Å². The molecule has 1 unspecified atom stereocenters. The SMILES string of the molecule is CC(N)(CO)Cc1ccc(Br)cc1[N+](=O)[O-]. The van der Waals surface area contributed by atoms with E-state index in [1.165, 1.54) is 6.07 Å². The molecule has 0 fully saturated rings. The van der Waals surface area contributed by atoms with Gasteiger partial charge in [0.15, 0.2) is 0 Å². The van der Waals surface area contributed by atoms with Crippen LogP contribution >= 0.6 is 15.9 Å². The molecule has 1 aromatic rings. The van der Waals surface area contributed by atoms with Gasteiger partial charge in [0.25, 0.3) is 5.69 Å². The third-order valence-electron chi connectivity index (χ3n) is 2.20. The maximum atomic E-state index is 10.8. The number of hydrogen-bond acceptors (Lipinski definition) is 4. The second kappa shape index (κ2) is 4.90. The first-order chi connectivity index (χ1) is 7.35. The van der Waals surface area contributed by atoms with Crippen molar-refractivity contribution in [3.8, 4) is 0 Å². The van der Waals surface area contributed by atoms with Crippen molar-refractivity contribution in [1.29, 1.82) is 0 Å². The van der Waals surface area contributed by atoms with Crippen molar-refractivity contribution in [3.63, 3.8) is 0 Å². The number of nitro groups is 1. The van der Waals surface area contributed by atoms with Crippen molar-refractivity contribution in [2.75, 3.05) is 6.61 Å². The minimum absolute atomic E-state index is 0.0134. The molecule has 0 aliphatic carbocycles. The normalized spacial score (nSPS) is 14.5. The number of halogens is 1. The van der Waals surface area contributed by atoms with Crippen molar-refractivity contribution < 1.29 is 10.0 Å². The first-order valence-electron chi connectivity index (χ1n) is 4.68. The summed E-state index contributed by atoms with van der Waals surface area (Å²) in [6.07, 6.45) is 0.257. The Kier molecular flexibility index (Phi) is 4.01. The van der Waals surface area contributed by atoms with E-state index in [1.54, 1.807) is 19.1 Å². The molecule has 0 radical (unpaired) electrons. The number of benzene rings is 1. The Morgan fingerprint density at radius 2 is 2.25 bits per heavy atom. The Morgan fingerprint density at radius 3 is 2.75 bits per heavy atom. The summed E-state index contributed by atoms with van der Waals surface area (Å²) < 4.78 is 0.644. The predicted octanol–water partition coefficient (Wildman–Crippen LogP) is 1.61. The van der Waals surface area contributed by atoms with Gasteiger partial charge in [-0.15, -0.1) is 0 Å². The molecule has 0 spiro atoms. The molecule has 5 nitrogen and oxygen atoms in total. The van der Waals surface area contributed by atoms with Crippen LogP contribution in [0.2, 0.25) is 0 Å². The van der Waals surface area contributed by atoms with E-state index in [0.29, 0.717) is 10.0 Å². The molecule has 0 heterocycles. The third kappa shape index (κ3) is 3.26. The van der Waals surface area contributed by atoms with Gasteiger partial charge in [-0.1, -0.05) is 22.0 Å². The van der Waals surface area contributed by atoms with Gasteiger partial charge in [0, 0.05) is 21.6 Å². The maximum Gasteiger partial charge on any atom is 0.273 e. The Balaban J connectivity index is 3.09. The van der Waals surface area contributed by atoms with E-state index in [1.807, 2.05) is 0 Å². The van der Waals surface area contributed by atoms with Crippen LogP contribution in [-0.2, 0) is 6.42 Å². The van der Waals surface area contributed by atoms with Gasteiger partial charge >= 0.3 is 0 Å². The highest BCUT2D eigenvalue weighted by Gasteiger charge is 2.23. The van der Waals surface area contributed by atoms with Crippen LogP contribution in [0.25, 0.3) is 0 Å². The van der Waals surface area contributed by atoms with Crippen LogP contribution in [0.1, 0.15) is 12.5 Å². The fourth-order valence-electron chi connectivity index (χ4n) is 1.35. The number of hydrogen-bond donors (Lipinski definition) is 2. The van der Waals surface area contributed by atoms with Gasteiger partial charge in [-0.05, 0) is 19.4 Å². The predicted molar refractivity (Wildman–Crippen MR) is 64.2 cm³/mol. The molecule has 0 aliphatic rings. The molecule has 0 saturated carbocycles. The summed E-state index contributed by atoms with van der Waals surface area (Å²) in [5.41, 5.74) is 5.46. The molecule has 1 rings (SSSR count). The van der Waals surface area contributed by atoms with Crippen LogP contribution in [-0.4, -0.2) is 22.2 Å². The molecular weight excluding hydrogens is 276 g/mol. The number of nitrogens with zero attached hydrogens (tertiary/aromatic N) is 1. The minimum atomic E-state index is -0.849. The molecule has 1 atom stereocenters. The molecule has 0 saturated heterocycles. The topological polar surface area (TPSA) is 89.4 Å². The summed E-state index contributed by atoms with van der Waals surface area (Å²) in [5, 5.41) is 19.9. The molecule has 1 aromatic carbocycles. The monoisotopic (exact) mass is 288 g/mol. The van der Waals surface area contributed by atoms with Crippen LogP contribution in [0.3, 0.4) is 0 Å². The van der Waals surface area contributed by atoms with E-state index in [4.69, 9.17) is 10.8 Å². The number of aliphatic hydroxyl groups is 1. The lowest BCUT2D eigenvalue weighted by atomic mass is 9.94. The second-order valence-corrected chi connectivity index (χ2v) is 4.93. The van der Waals surface area contributed by atoms with Crippen molar-refractivity contribution in [3.05, 3.63) is 38.3 Å². The highest BCUT2D eigenvalue weighted by Crippen LogP contribution is 2.26. The van der Waals surface area contributed by atoms with Gasteiger partial charge in [0.2, 0.25) is 0 Å². The number of nitro benzene ring substituents is 1. The van der Waals surface area contributed by atoms with E-state index in [2.05, 4.69) is 15.9 Å².